The maximum atomic E-state index is 12.2. The highest BCUT2D eigenvalue weighted by Crippen LogP contribution is 2.18. The summed E-state index contributed by atoms with van der Waals surface area (Å²) in [7, 11) is 1.63. The Labute approximate surface area is 176 Å². The largest absolute Gasteiger partial charge is 0.491 e. The van der Waals surface area contributed by atoms with Gasteiger partial charge in [0.15, 0.2) is 0 Å². The molecule has 3 aromatic rings. The maximum absolute atomic E-state index is 12.2. The number of carbonyl (C=O) groups is 1. The van der Waals surface area contributed by atoms with Crippen molar-refractivity contribution in [3.05, 3.63) is 84.4 Å². The molecule has 0 saturated carbocycles. The zero-order valence-electron chi connectivity index (χ0n) is 17.0. The predicted molar refractivity (Wildman–Crippen MR) is 118 cm³/mol. The Balaban J connectivity index is 1.40. The van der Waals surface area contributed by atoms with Crippen LogP contribution in [0.25, 0.3) is 0 Å². The fraction of sp³-hybridized carbons (Fsp3) is 0.208. The molecule has 0 atom stereocenters. The van der Waals surface area contributed by atoms with Gasteiger partial charge in [-0.15, -0.1) is 0 Å². The zero-order valence-corrected chi connectivity index (χ0v) is 17.0. The summed E-state index contributed by atoms with van der Waals surface area (Å²) < 4.78 is 16.2. The lowest BCUT2D eigenvalue weighted by molar-refractivity contribution is -0.114. The highest BCUT2D eigenvalue weighted by atomic mass is 16.5. The molecule has 6 nitrogen and oxygen atoms in total. The van der Waals surface area contributed by atoms with Crippen LogP contribution in [0.1, 0.15) is 5.56 Å². The summed E-state index contributed by atoms with van der Waals surface area (Å²) in [5, 5.41) is 5.96. The average Bonchev–Trinajstić information content (AvgIpc) is 2.79. The first-order valence-corrected chi connectivity index (χ1v) is 9.75. The molecule has 0 aliphatic rings. The van der Waals surface area contributed by atoms with Crippen LogP contribution in [0.15, 0.2) is 78.9 Å². The van der Waals surface area contributed by atoms with Crippen LogP contribution in [0.5, 0.6) is 11.5 Å². The van der Waals surface area contributed by atoms with Gasteiger partial charge in [0, 0.05) is 18.5 Å². The van der Waals surface area contributed by atoms with E-state index in [0.717, 1.165) is 28.4 Å². The minimum atomic E-state index is -0.131. The van der Waals surface area contributed by atoms with Gasteiger partial charge in [-0.1, -0.05) is 30.3 Å². The van der Waals surface area contributed by atoms with Crippen LogP contribution in [0.4, 0.5) is 11.4 Å². The lowest BCUT2D eigenvalue weighted by atomic mass is 10.2. The van der Waals surface area contributed by atoms with Crippen LogP contribution in [-0.4, -0.2) is 32.8 Å². The molecule has 0 aliphatic heterocycles. The fourth-order valence-electron chi connectivity index (χ4n) is 2.67. The molecule has 2 N–H and O–H groups in total. The summed E-state index contributed by atoms with van der Waals surface area (Å²) in [6.45, 7) is 1.71. The van der Waals surface area contributed by atoms with Crippen LogP contribution in [0.2, 0.25) is 0 Å². The van der Waals surface area contributed by atoms with Gasteiger partial charge < -0.3 is 24.8 Å². The molecular formula is C24H26N2O4. The minimum absolute atomic E-state index is 0.131. The standard InChI is InChI=1S/C24H26N2O4/c1-28-15-16-29-22-11-7-20(8-12-22)25-17-24(27)26-21-9-13-23(14-10-21)30-18-19-5-3-2-4-6-19/h2-14,25H,15-18H2,1H3,(H,26,27). The average molecular weight is 406 g/mol. The number of methoxy groups -OCH3 is 1. The van der Waals surface area contributed by atoms with Gasteiger partial charge in [-0.25, -0.2) is 0 Å². The van der Waals surface area contributed by atoms with Crippen LogP contribution in [0.3, 0.4) is 0 Å². The van der Waals surface area contributed by atoms with E-state index in [9.17, 15) is 4.79 Å². The van der Waals surface area contributed by atoms with Gasteiger partial charge in [-0.05, 0) is 54.1 Å². The molecule has 0 radical (unpaired) electrons. The Morgan fingerprint density at radius 3 is 2.07 bits per heavy atom. The molecule has 30 heavy (non-hydrogen) atoms. The molecule has 0 bridgehead atoms. The van der Waals surface area contributed by atoms with Crippen molar-refractivity contribution in [2.24, 2.45) is 0 Å². The highest BCUT2D eigenvalue weighted by Gasteiger charge is 2.04. The molecule has 0 fully saturated rings. The number of ether oxygens (including phenoxy) is 3. The molecule has 0 saturated heterocycles. The van der Waals surface area contributed by atoms with E-state index in [4.69, 9.17) is 14.2 Å². The Bertz CT molecular complexity index is 897. The van der Waals surface area contributed by atoms with Gasteiger partial charge in [0.05, 0.1) is 13.2 Å². The second-order valence-electron chi connectivity index (χ2n) is 6.57. The molecule has 0 aromatic heterocycles. The van der Waals surface area contributed by atoms with E-state index in [-0.39, 0.29) is 12.5 Å². The fourth-order valence-corrected chi connectivity index (χ4v) is 2.67. The number of carbonyl (C=O) groups excluding carboxylic acids is 1. The topological polar surface area (TPSA) is 68.8 Å². The number of rotatable bonds is 11. The monoisotopic (exact) mass is 406 g/mol. The van der Waals surface area contributed by atoms with E-state index in [2.05, 4.69) is 10.6 Å². The van der Waals surface area contributed by atoms with Gasteiger partial charge in [-0.2, -0.15) is 0 Å². The van der Waals surface area contributed by atoms with Gasteiger partial charge in [0.2, 0.25) is 5.91 Å². The van der Waals surface area contributed by atoms with Crippen molar-refractivity contribution in [1.82, 2.24) is 0 Å². The highest BCUT2D eigenvalue weighted by molar-refractivity contribution is 5.93. The molecule has 0 heterocycles. The second kappa shape index (κ2) is 11.5. The van der Waals surface area contributed by atoms with E-state index in [1.165, 1.54) is 0 Å². The van der Waals surface area contributed by atoms with Crippen molar-refractivity contribution in [2.45, 2.75) is 6.61 Å². The lowest BCUT2D eigenvalue weighted by Crippen LogP contribution is -2.21. The van der Waals surface area contributed by atoms with Gasteiger partial charge >= 0.3 is 0 Å². The molecule has 3 rings (SSSR count). The summed E-state index contributed by atoms with van der Waals surface area (Å²) in [5.41, 5.74) is 2.67. The molecule has 0 spiro atoms. The van der Waals surface area contributed by atoms with E-state index >= 15 is 0 Å². The summed E-state index contributed by atoms with van der Waals surface area (Å²) in [6.07, 6.45) is 0. The van der Waals surface area contributed by atoms with Gasteiger partial charge in [-0.3, -0.25) is 4.79 Å². The number of hydrogen-bond acceptors (Lipinski definition) is 5. The quantitative estimate of drug-likeness (QED) is 0.464. The summed E-state index contributed by atoms with van der Waals surface area (Å²) in [4.78, 5) is 12.2. The van der Waals surface area contributed by atoms with Gasteiger partial charge in [0.25, 0.3) is 0 Å². The van der Waals surface area contributed by atoms with Crippen LogP contribution in [0, 0.1) is 0 Å². The summed E-state index contributed by atoms with van der Waals surface area (Å²) in [6, 6.07) is 24.7. The normalized spacial score (nSPS) is 10.3. The number of hydrogen-bond donors (Lipinski definition) is 2. The minimum Gasteiger partial charge on any atom is -0.491 e. The van der Waals surface area contributed by atoms with Gasteiger partial charge in [0.1, 0.15) is 24.7 Å². The Kier molecular flexibility index (Phi) is 8.12. The lowest BCUT2D eigenvalue weighted by Gasteiger charge is -2.10. The number of nitrogens with one attached hydrogen (secondary N) is 2. The van der Waals surface area contributed by atoms with Crippen molar-refractivity contribution in [2.75, 3.05) is 37.5 Å². The first-order valence-electron chi connectivity index (χ1n) is 9.75. The Morgan fingerprint density at radius 1 is 0.767 bits per heavy atom. The molecule has 1 amide bonds. The molecule has 3 aromatic carbocycles. The third-order valence-corrected chi connectivity index (χ3v) is 4.25. The van der Waals surface area contributed by atoms with Crippen molar-refractivity contribution in [1.29, 1.82) is 0 Å². The van der Waals surface area contributed by atoms with E-state index in [1.807, 2.05) is 78.9 Å². The Hall–Kier alpha value is -3.51. The van der Waals surface area contributed by atoms with Crippen LogP contribution in [-0.2, 0) is 16.1 Å². The first kappa shape index (κ1) is 21.2. The van der Waals surface area contributed by atoms with E-state index in [0.29, 0.717) is 19.8 Å². The van der Waals surface area contributed by atoms with Crippen molar-refractivity contribution in [3.63, 3.8) is 0 Å². The van der Waals surface area contributed by atoms with Crippen LogP contribution < -0.4 is 20.1 Å². The molecule has 156 valence electrons. The van der Waals surface area contributed by atoms with E-state index < -0.39 is 0 Å². The third kappa shape index (κ3) is 7.14. The third-order valence-electron chi connectivity index (χ3n) is 4.25. The van der Waals surface area contributed by atoms with Crippen molar-refractivity contribution < 1.29 is 19.0 Å². The Morgan fingerprint density at radius 2 is 1.40 bits per heavy atom. The maximum Gasteiger partial charge on any atom is 0.243 e. The van der Waals surface area contributed by atoms with Crippen molar-refractivity contribution in [3.8, 4) is 11.5 Å². The smallest absolute Gasteiger partial charge is 0.243 e. The molecular weight excluding hydrogens is 380 g/mol. The number of amides is 1. The predicted octanol–water partition coefficient (Wildman–Crippen LogP) is 4.34. The first-order chi connectivity index (χ1) is 14.7. The SMILES string of the molecule is COCCOc1ccc(NCC(=O)Nc2ccc(OCc3ccccc3)cc2)cc1. The summed E-state index contributed by atoms with van der Waals surface area (Å²) in [5.74, 6) is 1.38. The summed E-state index contributed by atoms with van der Waals surface area (Å²) >= 11 is 0. The molecule has 0 aliphatic carbocycles. The molecule has 6 heteroatoms. The van der Waals surface area contributed by atoms with Crippen LogP contribution >= 0.6 is 0 Å². The molecule has 0 unspecified atom stereocenters. The van der Waals surface area contributed by atoms with Crippen molar-refractivity contribution >= 4 is 17.3 Å². The number of benzene rings is 3. The van der Waals surface area contributed by atoms with E-state index in [1.54, 1.807) is 7.11 Å². The second-order valence-corrected chi connectivity index (χ2v) is 6.57. The number of anilines is 2. The zero-order chi connectivity index (χ0) is 21.0.